The first-order chi connectivity index (χ1) is 17.5. The zero-order chi connectivity index (χ0) is 25.8. The molecule has 0 spiro atoms. The number of methoxy groups -OCH3 is 3. The number of hydrogen-bond donors (Lipinski definition) is 1. The number of aryl methyl sites for hydroxylation is 1. The number of pyridine rings is 2. The molecule has 0 saturated carbocycles. The largest absolute Gasteiger partial charge is 0.493 e. The molecule has 2 aromatic heterocycles. The highest BCUT2D eigenvalue weighted by Crippen LogP contribution is 2.41. The van der Waals surface area contributed by atoms with Crippen molar-refractivity contribution in [2.75, 3.05) is 21.3 Å². The van der Waals surface area contributed by atoms with Crippen molar-refractivity contribution in [3.8, 4) is 17.2 Å². The van der Waals surface area contributed by atoms with E-state index < -0.39 is 0 Å². The first kappa shape index (κ1) is 26.5. The van der Waals surface area contributed by atoms with Gasteiger partial charge in [0.25, 0.3) is 0 Å². The second-order valence-electron chi connectivity index (χ2n) is 8.26. The molecule has 0 bridgehead atoms. The van der Waals surface area contributed by atoms with Crippen LogP contribution >= 0.6 is 0 Å². The topological polar surface area (TPSA) is 82.6 Å². The highest BCUT2D eigenvalue weighted by Gasteiger charge is 2.16. The van der Waals surface area contributed by atoms with Gasteiger partial charge in [-0.2, -0.15) is 0 Å². The predicted octanol–water partition coefficient (Wildman–Crippen LogP) is 5.02. The maximum absolute atomic E-state index is 12.5. The Hall–Kier alpha value is -4.13. The number of aromatic nitrogens is 2. The quantitative estimate of drug-likeness (QED) is 0.285. The standard InChI is InChI=1S/C29H33N3O4/c1-21(9-5-10-22-11-7-15-30-19-22)32-28(33)14-6-13-25(23-12-8-16-31-20-23)24-17-26(34-2)29(36-4)27(18-24)35-3/h6-8,11-21H,5,9-10H2,1-4H3,(H,32,33)/t21-/m1/s1. The van der Waals surface area contributed by atoms with Gasteiger partial charge in [-0.15, -0.1) is 0 Å². The van der Waals surface area contributed by atoms with Gasteiger partial charge in [-0.05, 0) is 67.2 Å². The van der Waals surface area contributed by atoms with E-state index in [1.807, 2.05) is 49.5 Å². The highest BCUT2D eigenvalue weighted by atomic mass is 16.5. The normalized spacial score (nSPS) is 12.3. The fourth-order valence-electron chi connectivity index (χ4n) is 3.87. The zero-order valence-corrected chi connectivity index (χ0v) is 21.2. The van der Waals surface area contributed by atoms with Crippen molar-refractivity contribution in [1.82, 2.24) is 15.3 Å². The van der Waals surface area contributed by atoms with Crippen LogP contribution in [0.3, 0.4) is 0 Å². The van der Waals surface area contributed by atoms with Gasteiger partial charge in [0.2, 0.25) is 11.7 Å². The summed E-state index contributed by atoms with van der Waals surface area (Å²) < 4.78 is 16.5. The first-order valence-electron chi connectivity index (χ1n) is 11.8. The summed E-state index contributed by atoms with van der Waals surface area (Å²) in [7, 11) is 4.73. The van der Waals surface area contributed by atoms with Crippen LogP contribution in [0.15, 0.2) is 79.4 Å². The molecular weight excluding hydrogens is 454 g/mol. The van der Waals surface area contributed by atoms with Crippen molar-refractivity contribution in [1.29, 1.82) is 0 Å². The van der Waals surface area contributed by atoms with Crippen LogP contribution in [0, 0.1) is 0 Å². The number of benzene rings is 1. The van der Waals surface area contributed by atoms with E-state index in [0.717, 1.165) is 36.0 Å². The predicted molar refractivity (Wildman–Crippen MR) is 141 cm³/mol. The minimum Gasteiger partial charge on any atom is -0.493 e. The molecule has 0 fully saturated rings. The van der Waals surface area contributed by atoms with Gasteiger partial charge in [0.15, 0.2) is 11.5 Å². The third-order valence-corrected chi connectivity index (χ3v) is 5.67. The molecular formula is C29H33N3O4. The lowest BCUT2D eigenvalue weighted by molar-refractivity contribution is -0.117. The molecule has 188 valence electrons. The number of nitrogens with one attached hydrogen (secondary N) is 1. The van der Waals surface area contributed by atoms with Gasteiger partial charge in [-0.25, -0.2) is 0 Å². The van der Waals surface area contributed by atoms with Gasteiger partial charge < -0.3 is 19.5 Å². The van der Waals surface area contributed by atoms with Crippen LogP contribution in [0.2, 0.25) is 0 Å². The average Bonchev–Trinajstić information content (AvgIpc) is 2.91. The lowest BCUT2D eigenvalue weighted by Gasteiger charge is -2.16. The van der Waals surface area contributed by atoms with Crippen LogP contribution < -0.4 is 19.5 Å². The molecule has 3 rings (SSSR count). The molecule has 1 N–H and O–H groups in total. The van der Waals surface area contributed by atoms with Crippen molar-refractivity contribution in [2.45, 2.75) is 32.2 Å². The first-order valence-corrected chi connectivity index (χ1v) is 11.8. The molecule has 7 nitrogen and oxygen atoms in total. The summed E-state index contributed by atoms with van der Waals surface area (Å²) >= 11 is 0. The van der Waals surface area contributed by atoms with E-state index in [-0.39, 0.29) is 11.9 Å². The minimum absolute atomic E-state index is 0.0655. The van der Waals surface area contributed by atoms with Crippen LogP contribution in [-0.4, -0.2) is 43.2 Å². The molecule has 0 unspecified atom stereocenters. The van der Waals surface area contributed by atoms with E-state index >= 15 is 0 Å². The summed E-state index contributed by atoms with van der Waals surface area (Å²) in [6.45, 7) is 2.02. The monoisotopic (exact) mass is 487 g/mol. The zero-order valence-electron chi connectivity index (χ0n) is 21.2. The fraction of sp³-hybridized carbons (Fsp3) is 0.276. The van der Waals surface area contributed by atoms with Crippen LogP contribution in [0.5, 0.6) is 17.2 Å². The Morgan fingerprint density at radius 2 is 1.67 bits per heavy atom. The van der Waals surface area contributed by atoms with Crippen LogP contribution in [-0.2, 0) is 11.2 Å². The Balaban J connectivity index is 1.73. The molecule has 0 saturated heterocycles. The molecule has 36 heavy (non-hydrogen) atoms. The Bertz CT molecular complexity index is 1150. The Kier molecular flexibility index (Phi) is 10.1. The summed E-state index contributed by atoms with van der Waals surface area (Å²) in [5.74, 6) is 1.46. The molecule has 3 aromatic rings. The Morgan fingerprint density at radius 1 is 0.972 bits per heavy atom. The van der Waals surface area contributed by atoms with Crippen LogP contribution in [0.4, 0.5) is 0 Å². The lowest BCUT2D eigenvalue weighted by atomic mass is 9.98. The maximum atomic E-state index is 12.5. The SMILES string of the molecule is COc1cc(C(=CC=CC(=O)N[C@H](C)CCCc2cccnc2)c2cccnc2)cc(OC)c1OC. The number of carbonyl (C=O) groups excluding carboxylic acids is 1. The molecule has 0 aliphatic carbocycles. The number of allylic oxidation sites excluding steroid dienone is 2. The molecule has 0 radical (unpaired) electrons. The van der Waals surface area contributed by atoms with E-state index in [1.165, 1.54) is 11.6 Å². The van der Waals surface area contributed by atoms with Crippen molar-refractivity contribution in [2.24, 2.45) is 0 Å². The second kappa shape index (κ2) is 13.7. The highest BCUT2D eigenvalue weighted by molar-refractivity contribution is 5.89. The number of nitrogens with zero attached hydrogens (tertiary/aromatic N) is 2. The number of hydrogen-bond acceptors (Lipinski definition) is 6. The summed E-state index contributed by atoms with van der Waals surface area (Å²) in [6, 6.07) is 11.6. The minimum atomic E-state index is -0.143. The van der Waals surface area contributed by atoms with Crippen molar-refractivity contribution in [3.63, 3.8) is 0 Å². The van der Waals surface area contributed by atoms with E-state index in [1.54, 1.807) is 46.0 Å². The van der Waals surface area contributed by atoms with Crippen molar-refractivity contribution in [3.05, 3.63) is 96.1 Å². The second-order valence-corrected chi connectivity index (χ2v) is 8.26. The Morgan fingerprint density at radius 3 is 2.25 bits per heavy atom. The Labute approximate surface area is 212 Å². The molecule has 1 atom stereocenters. The summed E-state index contributed by atoms with van der Waals surface area (Å²) in [5.41, 5.74) is 3.79. The van der Waals surface area contributed by atoms with Gasteiger partial charge in [-0.1, -0.05) is 24.3 Å². The van der Waals surface area contributed by atoms with Gasteiger partial charge in [-0.3, -0.25) is 14.8 Å². The van der Waals surface area contributed by atoms with E-state index in [4.69, 9.17) is 14.2 Å². The molecule has 7 heteroatoms. The molecule has 0 aliphatic heterocycles. The van der Waals surface area contributed by atoms with Crippen LogP contribution in [0.1, 0.15) is 36.5 Å². The lowest BCUT2D eigenvalue weighted by Crippen LogP contribution is -2.31. The van der Waals surface area contributed by atoms with Gasteiger partial charge in [0.1, 0.15) is 0 Å². The van der Waals surface area contributed by atoms with Crippen LogP contribution in [0.25, 0.3) is 5.57 Å². The summed E-state index contributed by atoms with van der Waals surface area (Å²) in [4.78, 5) is 20.9. The summed E-state index contributed by atoms with van der Waals surface area (Å²) in [6.07, 6.45) is 15.1. The molecule has 1 amide bonds. The molecule has 2 heterocycles. The van der Waals surface area contributed by atoms with E-state index in [2.05, 4.69) is 21.4 Å². The van der Waals surface area contributed by atoms with Crippen molar-refractivity contribution >= 4 is 11.5 Å². The summed E-state index contributed by atoms with van der Waals surface area (Å²) in [5, 5.41) is 3.03. The number of rotatable bonds is 12. The van der Waals surface area contributed by atoms with Gasteiger partial charge in [0, 0.05) is 42.5 Å². The molecule has 1 aromatic carbocycles. The third-order valence-electron chi connectivity index (χ3n) is 5.67. The number of ether oxygens (including phenoxy) is 3. The van der Waals surface area contributed by atoms with Crippen molar-refractivity contribution < 1.29 is 19.0 Å². The average molecular weight is 488 g/mol. The van der Waals surface area contributed by atoms with E-state index in [0.29, 0.717) is 17.2 Å². The fourth-order valence-corrected chi connectivity index (χ4v) is 3.87. The molecule has 0 aliphatic rings. The van der Waals surface area contributed by atoms with Gasteiger partial charge >= 0.3 is 0 Å². The smallest absolute Gasteiger partial charge is 0.244 e. The maximum Gasteiger partial charge on any atom is 0.244 e. The van der Waals surface area contributed by atoms with Gasteiger partial charge in [0.05, 0.1) is 21.3 Å². The van der Waals surface area contributed by atoms with E-state index in [9.17, 15) is 4.79 Å². The number of carbonyl (C=O) groups is 1. The number of amides is 1. The third kappa shape index (κ3) is 7.43.